The Kier molecular flexibility index (Phi) is 3.04. The van der Waals surface area contributed by atoms with Gasteiger partial charge in [0, 0.05) is 26.2 Å². The Morgan fingerprint density at radius 3 is 3.00 bits per heavy atom. The van der Waals surface area contributed by atoms with Crippen LogP contribution < -0.4 is 5.73 Å². The zero-order valence-corrected chi connectivity index (χ0v) is 10.2. The molecule has 6 nitrogen and oxygen atoms in total. The maximum Gasteiger partial charge on any atom is 0.147 e. The van der Waals surface area contributed by atoms with Crippen molar-refractivity contribution in [3.05, 3.63) is 41.7 Å². The van der Waals surface area contributed by atoms with E-state index in [0.29, 0.717) is 6.54 Å². The van der Waals surface area contributed by atoms with Crippen LogP contribution in [-0.2, 0) is 26.2 Å². The van der Waals surface area contributed by atoms with Gasteiger partial charge in [0.15, 0.2) is 0 Å². The molecule has 0 unspecified atom stereocenters. The first-order valence-electron chi connectivity index (χ1n) is 6.09. The van der Waals surface area contributed by atoms with E-state index in [1.807, 2.05) is 18.2 Å². The zero-order valence-electron chi connectivity index (χ0n) is 10.2. The second-order valence-corrected chi connectivity index (χ2v) is 4.48. The average molecular weight is 244 g/mol. The lowest BCUT2D eigenvalue weighted by atomic mass is 10.2. The van der Waals surface area contributed by atoms with Gasteiger partial charge in [0.05, 0.1) is 17.9 Å². The monoisotopic (exact) mass is 244 g/mol. The molecule has 0 spiro atoms. The lowest BCUT2D eigenvalue weighted by Crippen LogP contribution is -2.33. The molecule has 2 N–H and O–H groups in total. The van der Waals surface area contributed by atoms with Crippen LogP contribution in [0.1, 0.15) is 17.2 Å². The van der Waals surface area contributed by atoms with Crippen molar-refractivity contribution in [3.8, 4) is 0 Å². The van der Waals surface area contributed by atoms with Crippen molar-refractivity contribution >= 4 is 0 Å². The number of hydrogen-bond acceptors (Lipinski definition) is 5. The van der Waals surface area contributed by atoms with Gasteiger partial charge in [-0.1, -0.05) is 6.07 Å². The van der Waals surface area contributed by atoms with Gasteiger partial charge in [-0.2, -0.15) is 0 Å². The quantitative estimate of drug-likeness (QED) is 0.832. The minimum absolute atomic E-state index is 0.488. The number of fused-ring (bicyclic) bond motifs is 1. The molecule has 0 radical (unpaired) electrons. The van der Waals surface area contributed by atoms with E-state index in [0.717, 1.165) is 43.4 Å². The summed E-state index contributed by atoms with van der Waals surface area (Å²) in [6.07, 6.45) is 1.79. The van der Waals surface area contributed by atoms with Crippen LogP contribution in [0.3, 0.4) is 0 Å². The van der Waals surface area contributed by atoms with E-state index in [2.05, 4.69) is 24.6 Å². The Hall–Kier alpha value is -1.79. The Balaban J connectivity index is 1.70. The van der Waals surface area contributed by atoms with Crippen LogP contribution >= 0.6 is 0 Å². The van der Waals surface area contributed by atoms with Crippen molar-refractivity contribution in [2.45, 2.75) is 26.2 Å². The van der Waals surface area contributed by atoms with Crippen LogP contribution in [0.4, 0.5) is 0 Å². The summed E-state index contributed by atoms with van der Waals surface area (Å²) in [7, 11) is 0. The molecule has 18 heavy (non-hydrogen) atoms. The topological polar surface area (TPSA) is 72.9 Å². The molecule has 2 aromatic rings. The molecule has 3 rings (SSSR count). The number of pyridine rings is 1. The van der Waals surface area contributed by atoms with Crippen molar-refractivity contribution < 1.29 is 0 Å². The fourth-order valence-electron chi connectivity index (χ4n) is 2.21. The maximum absolute atomic E-state index is 5.60. The summed E-state index contributed by atoms with van der Waals surface area (Å²) in [5, 5.41) is 8.04. The molecule has 3 heterocycles. The number of nitrogens with zero attached hydrogens (tertiary/aromatic N) is 5. The molecule has 0 saturated carbocycles. The Morgan fingerprint density at radius 1 is 1.22 bits per heavy atom. The van der Waals surface area contributed by atoms with E-state index in [1.165, 1.54) is 0 Å². The van der Waals surface area contributed by atoms with Crippen LogP contribution in [0, 0.1) is 0 Å². The molecule has 0 aliphatic carbocycles. The number of rotatable bonds is 3. The first-order chi connectivity index (χ1) is 8.85. The fourth-order valence-corrected chi connectivity index (χ4v) is 2.21. The van der Waals surface area contributed by atoms with Gasteiger partial charge in [0.2, 0.25) is 0 Å². The smallest absolute Gasteiger partial charge is 0.147 e. The molecule has 1 aliphatic rings. The lowest BCUT2D eigenvalue weighted by molar-refractivity contribution is 0.206. The van der Waals surface area contributed by atoms with E-state index < -0.39 is 0 Å². The Morgan fingerprint density at radius 2 is 2.11 bits per heavy atom. The molecule has 0 bridgehead atoms. The highest BCUT2D eigenvalue weighted by atomic mass is 15.3. The molecule has 0 saturated heterocycles. The molecule has 0 fully saturated rings. The second-order valence-electron chi connectivity index (χ2n) is 4.48. The molecule has 94 valence electrons. The van der Waals surface area contributed by atoms with Gasteiger partial charge in [-0.05, 0) is 12.1 Å². The maximum atomic E-state index is 5.60. The van der Waals surface area contributed by atoms with Crippen LogP contribution in [0.25, 0.3) is 0 Å². The number of hydrogen-bond donors (Lipinski definition) is 1. The third-order valence-electron chi connectivity index (χ3n) is 3.18. The second kappa shape index (κ2) is 4.83. The molecule has 2 aromatic heterocycles. The largest absolute Gasteiger partial charge is 0.325 e. The minimum Gasteiger partial charge on any atom is -0.325 e. The highest BCUT2D eigenvalue weighted by Crippen LogP contribution is 2.12. The van der Waals surface area contributed by atoms with E-state index in [4.69, 9.17) is 5.73 Å². The van der Waals surface area contributed by atoms with E-state index in [9.17, 15) is 0 Å². The highest BCUT2D eigenvalue weighted by Gasteiger charge is 2.17. The molecule has 6 heteroatoms. The first kappa shape index (κ1) is 11.3. The summed E-state index contributed by atoms with van der Waals surface area (Å²) >= 11 is 0. The van der Waals surface area contributed by atoms with Crippen molar-refractivity contribution in [2.24, 2.45) is 5.73 Å². The number of aromatic nitrogens is 4. The van der Waals surface area contributed by atoms with Crippen molar-refractivity contribution in [2.75, 3.05) is 6.54 Å². The number of nitrogens with two attached hydrogens (primary N) is 1. The SMILES string of the molecule is NCc1cccc(CN2CCn3cnnc3C2)n1. The van der Waals surface area contributed by atoms with E-state index in [1.54, 1.807) is 6.33 Å². The molecular weight excluding hydrogens is 228 g/mol. The van der Waals surface area contributed by atoms with Gasteiger partial charge >= 0.3 is 0 Å². The summed E-state index contributed by atoms with van der Waals surface area (Å²) in [5.74, 6) is 1.02. The first-order valence-corrected chi connectivity index (χ1v) is 6.09. The van der Waals surface area contributed by atoms with Crippen LogP contribution in [0.15, 0.2) is 24.5 Å². The van der Waals surface area contributed by atoms with Crippen molar-refractivity contribution in [1.29, 1.82) is 0 Å². The van der Waals surface area contributed by atoms with Crippen LogP contribution in [-0.4, -0.2) is 31.2 Å². The molecule has 0 atom stereocenters. The summed E-state index contributed by atoms with van der Waals surface area (Å²) in [6, 6.07) is 6.01. The van der Waals surface area contributed by atoms with E-state index >= 15 is 0 Å². The Bertz CT molecular complexity index is 535. The lowest BCUT2D eigenvalue weighted by Gasteiger charge is -2.26. The van der Waals surface area contributed by atoms with Gasteiger partial charge in [0.25, 0.3) is 0 Å². The molecule has 1 aliphatic heterocycles. The molecule has 0 amide bonds. The highest BCUT2D eigenvalue weighted by molar-refractivity contribution is 5.11. The zero-order chi connectivity index (χ0) is 12.4. The predicted octanol–water partition coefficient (Wildman–Crippen LogP) is 0.148. The third kappa shape index (κ3) is 2.25. The van der Waals surface area contributed by atoms with Gasteiger partial charge < -0.3 is 10.3 Å². The third-order valence-corrected chi connectivity index (χ3v) is 3.18. The van der Waals surface area contributed by atoms with Crippen LogP contribution in [0.2, 0.25) is 0 Å². The summed E-state index contributed by atoms with van der Waals surface area (Å²) in [4.78, 5) is 6.85. The van der Waals surface area contributed by atoms with Gasteiger partial charge in [-0.3, -0.25) is 9.88 Å². The van der Waals surface area contributed by atoms with Crippen molar-refractivity contribution in [1.82, 2.24) is 24.6 Å². The standard InChI is InChI=1S/C12H16N6/c13-6-10-2-1-3-11(15-10)7-17-4-5-18-9-14-16-12(18)8-17/h1-3,9H,4-8,13H2. The summed E-state index contributed by atoms with van der Waals surface area (Å²) in [6.45, 7) is 4.09. The summed E-state index contributed by atoms with van der Waals surface area (Å²) in [5.41, 5.74) is 7.60. The van der Waals surface area contributed by atoms with Gasteiger partial charge in [-0.25, -0.2) is 0 Å². The Labute approximate surface area is 105 Å². The van der Waals surface area contributed by atoms with Gasteiger partial charge in [0.1, 0.15) is 12.2 Å². The molecular formula is C12H16N6. The van der Waals surface area contributed by atoms with Gasteiger partial charge in [-0.15, -0.1) is 10.2 Å². The normalized spacial score (nSPS) is 15.6. The minimum atomic E-state index is 0.488. The van der Waals surface area contributed by atoms with Crippen LogP contribution in [0.5, 0.6) is 0 Å². The average Bonchev–Trinajstić information content (AvgIpc) is 2.86. The fraction of sp³-hybridized carbons (Fsp3) is 0.417. The molecule has 0 aromatic carbocycles. The van der Waals surface area contributed by atoms with Crippen molar-refractivity contribution in [3.63, 3.8) is 0 Å². The summed E-state index contributed by atoms with van der Waals surface area (Å²) < 4.78 is 2.10. The predicted molar refractivity (Wildman–Crippen MR) is 66.3 cm³/mol. The van der Waals surface area contributed by atoms with E-state index in [-0.39, 0.29) is 0 Å².